The Bertz CT molecular complexity index is 469. The Morgan fingerprint density at radius 1 is 1.53 bits per heavy atom. The number of nitriles is 1. The molecule has 1 atom stereocenters. The third-order valence-electron chi connectivity index (χ3n) is 2.86. The summed E-state index contributed by atoms with van der Waals surface area (Å²) in [5.41, 5.74) is 0.201. The zero-order valence-corrected chi connectivity index (χ0v) is 9.27. The van der Waals surface area contributed by atoms with Crippen LogP contribution in [0.3, 0.4) is 0 Å². The molecule has 2 rings (SSSR count). The van der Waals surface area contributed by atoms with E-state index < -0.39 is 11.9 Å². The lowest BCUT2D eigenvalue weighted by molar-refractivity contribution is 0.0669. The second-order valence-corrected chi connectivity index (χ2v) is 4.03. The van der Waals surface area contributed by atoms with Crippen LogP contribution in [0.15, 0.2) is 18.5 Å². The second kappa shape index (κ2) is 4.91. The van der Waals surface area contributed by atoms with E-state index in [9.17, 15) is 9.18 Å². The van der Waals surface area contributed by atoms with Gasteiger partial charge in [-0.1, -0.05) is 0 Å². The Balaban J connectivity index is 2.22. The third-order valence-corrected chi connectivity index (χ3v) is 2.86. The molecular formula is C12H12FN3O. The van der Waals surface area contributed by atoms with Crippen molar-refractivity contribution in [2.45, 2.75) is 25.3 Å². The minimum Gasteiger partial charge on any atom is -0.323 e. The van der Waals surface area contributed by atoms with Gasteiger partial charge < -0.3 is 4.90 Å². The first kappa shape index (κ1) is 11.5. The predicted molar refractivity (Wildman–Crippen MR) is 58.5 cm³/mol. The van der Waals surface area contributed by atoms with Crippen LogP contribution < -0.4 is 0 Å². The average Bonchev–Trinajstić information content (AvgIpc) is 2.38. The lowest BCUT2D eigenvalue weighted by Crippen LogP contribution is -2.43. The van der Waals surface area contributed by atoms with Gasteiger partial charge in [0.2, 0.25) is 0 Å². The van der Waals surface area contributed by atoms with Crippen LogP contribution >= 0.6 is 0 Å². The summed E-state index contributed by atoms with van der Waals surface area (Å²) in [5, 5.41) is 8.98. The van der Waals surface area contributed by atoms with Crippen molar-refractivity contribution in [1.82, 2.24) is 9.88 Å². The number of hydrogen-bond acceptors (Lipinski definition) is 3. The summed E-state index contributed by atoms with van der Waals surface area (Å²) in [4.78, 5) is 17.2. The fourth-order valence-corrected chi connectivity index (χ4v) is 2.00. The van der Waals surface area contributed by atoms with E-state index in [0.717, 1.165) is 25.1 Å². The summed E-state index contributed by atoms with van der Waals surface area (Å²) < 4.78 is 13.0. The van der Waals surface area contributed by atoms with E-state index in [1.165, 1.54) is 11.1 Å². The quantitative estimate of drug-likeness (QED) is 0.742. The van der Waals surface area contributed by atoms with Gasteiger partial charge in [-0.05, 0) is 25.3 Å². The topological polar surface area (TPSA) is 57.0 Å². The van der Waals surface area contributed by atoms with Crippen molar-refractivity contribution in [3.8, 4) is 6.07 Å². The van der Waals surface area contributed by atoms with E-state index in [0.29, 0.717) is 13.0 Å². The molecule has 2 heterocycles. The number of likely N-dealkylation sites (tertiary alicyclic amines) is 1. The van der Waals surface area contributed by atoms with Gasteiger partial charge in [0.25, 0.3) is 5.91 Å². The Hall–Kier alpha value is -1.96. The van der Waals surface area contributed by atoms with E-state index in [1.807, 2.05) is 0 Å². The molecule has 1 aliphatic heterocycles. The zero-order chi connectivity index (χ0) is 12.3. The number of carbonyl (C=O) groups is 1. The largest absolute Gasteiger partial charge is 0.323 e. The lowest BCUT2D eigenvalue weighted by Gasteiger charge is -2.31. The number of piperidine rings is 1. The summed E-state index contributed by atoms with van der Waals surface area (Å²) >= 11 is 0. The minimum atomic E-state index is -0.540. The number of carbonyl (C=O) groups excluding carboxylic acids is 1. The Morgan fingerprint density at radius 2 is 2.35 bits per heavy atom. The van der Waals surface area contributed by atoms with Gasteiger partial charge >= 0.3 is 0 Å². The SMILES string of the molecule is N#CC1CCCCN1C(=O)c1cncc(F)c1. The molecule has 0 N–H and O–H groups in total. The highest BCUT2D eigenvalue weighted by atomic mass is 19.1. The fraction of sp³-hybridized carbons (Fsp3) is 0.417. The predicted octanol–water partition coefficient (Wildman–Crippen LogP) is 1.74. The smallest absolute Gasteiger partial charge is 0.256 e. The van der Waals surface area contributed by atoms with E-state index in [4.69, 9.17) is 5.26 Å². The van der Waals surface area contributed by atoms with Crippen LogP contribution in [0.4, 0.5) is 4.39 Å². The monoisotopic (exact) mass is 233 g/mol. The Morgan fingerprint density at radius 3 is 3.06 bits per heavy atom. The summed E-state index contributed by atoms with van der Waals surface area (Å²) in [6.45, 7) is 0.549. The van der Waals surface area contributed by atoms with Crippen LogP contribution in [0.5, 0.6) is 0 Å². The highest BCUT2D eigenvalue weighted by Crippen LogP contribution is 2.19. The van der Waals surface area contributed by atoms with Crippen LogP contribution in [0.1, 0.15) is 29.6 Å². The van der Waals surface area contributed by atoms with Crippen molar-refractivity contribution in [2.24, 2.45) is 0 Å². The fourth-order valence-electron chi connectivity index (χ4n) is 2.00. The van der Waals surface area contributed by atoms with Gasteiger partial charge in [-0.3, -0.25) is 9.78 Å². The summed E-state index contributed by atoms with van der Waals surface area (Å²) in [7, 11) is 0. The molecule has 88 valence electrons. The summed E-state index contributed by atoms with van der Waals surface area (Å²) in [5.74, 6) is -0.857. The first-order valence-corrected chi connectivity index (χ1v) is 5.53. The number of amides is 1. The van der Waals surface area contributed by atoms with Gasteiger partial charge in [0.05, 0.1) is 17.8 Å². The van der Waals surface area contributed by atoms with Gasteiger partial charge in [-0.15, -0.1) is 0 Å². The maximum absolute atomic E-state index is 13.0. The van der Waals surface area contributed by atoms with Gasteiger partial charge in [0, 0.05) is 12.7 Å². The minimum absolute atomic E-state index is 0.201. The zero-order valence-electron chi connectivity index (χ0n) is 9.27. The lowest BCUT2D eigenvalue weighted by atomic mass is 10.0. The molecule has 1 fully saturated rings. The number of hydrogen-bond donors (Lipinski definition) is 0. The molecule has 0 radical (unpaired) electrons. The van der Waals surface area contributed by atoms with Crippen molar-refractivity contribution < 1.29 is 9.18 Å². The van der Waals surface area contributed by atoms with Crippen molar-refractivity contribution >= 4 is 5.91 Å². The van der Waals surface area contributed by atoms with E-state index >= 15 is 0 Å². The standard InChI is InChI=1S/C12H12FN3O/c13-10-5-9(7-15-8-10)12(17)16-4-2-1-3-11(16)6-14/h5,7-8,11H,1-4H2. The van der Waals surface area contributed by atoms with Crippen molar-refractivity contribution in [3.05, 3.63) is 29.8 Å². The molecule has 17 heavy (non-hydrogen) atoms. The first-order valence-electron chi connectivity index (χ1n) is 5.53. The van der Waals surface area contributed by atoms with Crippen LogP contribution in [0, 0.1) is 17.1 Å². The summed E-state index contributed by atoms with van der Waals surface area (Å²) in [6.07, 6.45) is 4.89. The van der Waals surface area contributed by atoms with Crippen LogP contribution in [-0.2, 0) is 0 Å². The van der Waals surface area contributed by atoms with E-state index in [1.54, 1.807) is 0 Å². The molecule has 5 heteroatoms. The number of halogens is 1. The molecular weight excluding hydrogens is 221 g/mol. The van der Waals surface area contributed by atoms with Crippen molar-refractivity contribution in [2.75, 3.05) is 6.54 Å². The number of pyridine rings is 1. The molecule has 0 saturated carbocycles. The molecule has 0 bridgehead atoms. The van der Waals surface area contributed by atoms with E-state index in [-0.39, 0.29) is 11.5 Å². The molecule has 1 aromatic heterocycles. The number of nitrogens with zero attached hydrogens (tertiary/aromatic N) is 3. The maximum atomic E-state index is 13.0. The van der Waals surface area contributed by atoms with E-state index in [2.05, 4.69) is 11.1 Å². The molecule has 1 aromatic rings. The molecule has 1 unspecified atom stereocenters. The van der Waals surface area contributed by atoms with Gasteiger partial charge in [0.1, 0.15) is 11.9 Å². The van der Waals surface area contributed by atoms with Crippen LogP contribution in [-0.4, -0.2) is 28.4 Å². The Kier molecular flexibility index (Phi) is 3.33. The van der Waals surface area contributed by atoms with Gasteiger partial charge in [0.15, 0.2) is 0 Å². The molecule has 0 spiro atoms. The normalized spacial score (nSPS) is 19.8. The van der Waals surface area contributed by atoms with Crippen molar-refractivity contribution in [1.29, 1.82) is 5.26 Å². The Labute approximate surface area is 98.7 Å². The highest BCUT2D eigenvalue weighted by molar-refractivity contribution is 5.94. The first-order chi connectivity index (χ1) is 8.22. The van der Waals surface area contributed by atoms with Gasteiger partial charge in [-0.25, -0.2) is 4.39 Å². The molecule has 0 aromatic carbocycles. The molecule has 1 aliphatic rings. The van der Waals surface area contributed by atoms with Gasteiger partial charge in [-0.2, -0.15) is 5.26 Å². The molecule has 1 amide bonds. The summed E-state index contributed by atoms with van der Waals surface area (Å²) in [6, 6.07) is 2.86. The second-order valence-electron chi connectivity index (χ2n) is 4.03. The van der Waals surface area contributed by atoms with Crippen LogP contribution in [0.2, 0.25) is 0 Å². The third kappa shape index (κ3) is 2.41. The highest BCUT2D eigenvalue weighted by Gasteiger charge is 2.27. The van der Waals surface area contributed by atoms with Crippen LogP contribution in [0.25, 0.3) is 0 Å². The maximum Gasteiger partial charge on any atom is 0.256 e. The molecule has 0 aliphatic carbocycles. The molecule has 4 nitrogen and oxygen atoms in total. The van der Waals surface area contributed by atoms with Crippen molar-refractivity contribution in [3.63, 3.8) is 0 Å². The number of aromatic nitrogens is 1. The molecule has 1 saturated heterocycles. The average molecular weight is 233 g/mol. The number of rotatable bonds is 1.